The Kier molecular flexibility index (Phi) is 4.82. The van der Waals surface area contributed by atoms with Gasteiger partial charge in [-0.15, -0.1) is 0 Å². The summed E-state index contributed by atoms with van der Waals surface area (Å²) < 4.78 is 2.31. The van der Waals surface area contributed by atoms with Gasteiger partial charge in [0.1, 0.15) is 5.82 Å². The minimum absolute atomic E-state index is 0.718. The third-order valence-corrected chi connectivity index (χ3v) is 7.59. The van der Waals surface area contributed by atoms with Crippen LogP contribution in [-0.2, 0) is 0 Å². The van der Waals surface area contributed by atoms with E-state index < -0.39 is 0 Å². The topological polar surface area (TPSA) is 30.7 Å². The highest BCUT2D eigenvalue weighted by atomic mass is 15.1. The van der Waals surface area contributed by atoms with Crippen molar-refractivity contribution >= 4 is 43.5 Å². The molecule has 0 saturated carbocycles. The molecule has 6 aromatic carbocycles. The lowest BCUT2D eigenvalue weighted by atomic mass is 10.0. The molecule has 3 nitrogen and oxygen atoms in total. The van der Waals surface area contributed by atoms with Crippen LogP contribution in [0.3, 0.4) is 0 Å². The van der Waals surface area contributed by atoms with Crippen molar-refractivity contribution < 1.29 is 0 Å². The predicted octanol–water partition coefficient (Wildman–Crippen LogP) is 9.21. The molecule has 0 amide bonds. The van der Waals surface area contributed by atoms with Crippen molar-refractivity contribution in [1.82, 2.24) is 14.5 Å². The summed E-state index contributed by atoms with van der Waals surface area (Å²) in [5.41, 5.74) is 6.57. The zero-order valence-corrected chi connectivity index (χ0v) is 21.1. The lowest BCUT2D eigenvalue weighted by Gasteiger charge is -2.13. The number of aromatic nitrogens is 3. The van der Waals surface area contributed by atoms with Crippen LogP contribution in [0.5, 0.6) is 0 Å². The van der Waals surface area contributed by atoms with Gasteiger partial charge in [-0.3, -0.25) is 4.57 Å². The first-order chi connectivity index (χ1) is 19.3. The maximum atomic E-state index is 5.25. The monoisotopic (exact) mass is 497 g/mol. The molecule has 0 saturated heterocycles. The van der Waals surface area contributed by atoms with Gasteiger partial charge in [-0.1, -0.05) is 109 Å². The molecule has 3 heteroatoms. The number of para-hydroxylation sites is 2. The van der Waals surface area contributed by atoms with E-state index in [1.165, 1.54) is 32.7 Å². The van der Waals surface area contributed by atoms with E-state index in [-0.39, 0.29) is 0 Å². The van der Waals surface area contributed by atoms with Crippen molar-refractivity contribution in [3.63, 3.8) is 0 Å². The number of rotatable bonds is 3. The van der Waals surface area contributed by atoms with Crippen LogP contribution in [0.15, 0.2) is 140 Å². The van der Waals surface area contributed by atoms with Crippen molar-refractivity contribution in [3.8, 4) is 28.3 Å². The zero-order chi connectivity index (χ0) is 25.8. The van der Waals surface area contributed by atoms with E-state index in [1.807, 2.05) is 12.1 Å². The summed E-state index contributed by atoms with van der Waals surface area (Å²) in [6.45, 7) is 0. The van der Waals surface area contributed by atoms with Gasteiger partial charge in [-0.25, -0.2) is 9.97 Å². The number of benzene rings is 6. The van der Waals surface area contributed by atoms with Gasteiger partial charge in [0.15, 0.2) is 5.82 Å². The van der Waals surface area contributed by atoms with Gasteiger partial charge >= 0.3 is 0 Å². The van der Waals surface area contributed by atoms with Crippen molar-refractivity contribution in [2.75, 3.05) is 0 Å². The van der Waals surface area contributed by atoms with Gasteiger partial charge in [0, 0.05) is 21.7 Å². The second-order valence-corrected chi connectivity index (χ2v) is 9.90. The van der Waals surface area contributed by atoms with Crippen LogP contribution in [0.4, 0.5) is 0 Å². The van der Waals surface area contributed by atoms with Gasteiger partial charge in [-0.2, -0.15) is 0 Å². The van der Waals surface area contributed by atoms with Crippen LogP contribution < -0.4 is 0 Å². The highest BCUT2D eigenvalue weighted by Crippen LogP contribution is 2.36. The van der Waals surface area contributed by atoms with Gasteiger partial charge in [0.2, 0.25) is 0 Å². The third kappa shape index (κ3) is 3.52. The number of hydrogen-bond acceptors (Lipinski definition) is 2. The Hall–Kier alpha value is -5.28. The molecule has 2 aromatic heterocycles. The van der Waals surface area contributed by atoms with E-state index in [4.69, 9.17) is 9.97 Å². The molecule has 0 radical (unpaired) electrons. The fraction of sp³-hybridized carbons (Fsp3) is 0. The van der Waals surface area contributed by atoms with Crippen LogP contribution in [0, 0.1) is 0 Å². The molecule has 0 aliphatic rings. The quantitative estimate of drug-likeness (QED) is 0.244. The van der Waals surface area contributed by atoms with E-state index in [9.17, 15) is 0 Å². The average molecular weight is 498 g/mol. The van der Waals surface area contributed by atoms with Crippen LogP contribution in [0.25, 0.3) is 71.8 Å². The summed E-state index contributed by atoms with van der Waals surface area (Å²) in [4.78, 5) is 10.3. The smallest absolute Gasteiger partial charge is 0.162 e. The van der Waals surface area contributed by atoms with Crippen LogP contribution in [-0.4, -0.2) is 14.5 Å². The largest absolute Gasteiger partial charge is 0.293 e. The lowest BCUT2D eigenvalue weighted by molar-refractivity contribution is 1.08. The molecule has 0 bridgehead atoms. The van der Waals surface area contributed by atoms with Crippen LogP contribution >= 0.6 is 0 Å². The summed E-state index contributed by atoms with van der Waals surface area (Å²) in [6, 6.07) is 49.0. The van der Waals surface area contributed by atoms with Crippen molar-refractivity contribution in [2.45, 2.75) is 0 Å². The van der Waals surface area contributed by atoms with Crippen LogP contribution in [0.1, 0.15) is 0 Å². The highest BCUT2D eigenvalue weighted by molar-refractivity contribution is 6.14. The van der Waals surface area contributed by atoms with Crippen molar-refractivity contribution in [3.05, 3.63) is 140 Å². The lowest BCUT2D eigenvalue weighted by Crippen LogP contribution is -2.02. The Morgan fingerprint density at radius 2 is 1.03 bits per heavy atom. The number of hydrogen-bond donors (Lipinski definition) is 0. The highest BCUT2D eigenvalue weighted by Gasteiger charge is 2.18. The summed E-state index contributed by atoms with van der Waals surface area (Å²) in [7, 11) is 0. The normalized spacial score (nSPS) is 11.6. The van der Waals surface area contributed by atoms with E-state index in [0.717, 1.165) is 39.1 Å². The Labute approximate surface area is 225 Å². The standard InChI is InChI=1S/C36H23N3/c1-2-10-24(11-3-1)25-18-20-26(21-19-25)35-37-32-16-8-6-15-30(32)36(38-35)39-33-17-9-7-14-29(33)31-22-27-12-4-5-13-28(27)23-34(31)39/h1-23H. The summed E-state index contributed by atoms with van der Waals surface area (Å²) in [6.07, 6.45) is 0. The molecule has 0 aliphatic heterocycles. The van der Waals surface area contributed by atoms with Gasteiger partial charge in [-0.05, 0) is 52.2 Å². The van der Waals surface area contributed by atoms with Crippen molar-refractivity contribution in [2.24, 2.45) is 0 Å². The van der Waals surface area contributed by atoms with Crippen LogP contribution in [0.2, 0.25) is 0 Å². The Balaban J connectivity index is 1.40. The number of fused-ring (bicyclic) bond motifs is 5. The minimum atomic E-state index is 0.718. The summed E-state index contributed by atoms with van der Waals surface area (Å²) >= 11 is 0. The molecule has 0 unspecified atom stereocenters. The molecule has 0 aliphatic carbocycles. The third-order valence-electron chi connectivity index (χ3n) is 7.59. The number of nitrogens with zero attached hydrogens (tertiary/aromatic N) is 3. The molecule has 182 valence electrons. The summed E-state index contributed by atoms with van der Waals surface area (Å²) in [5.74, 6) is 1.61. The molecule has 8 aromatic rings. The van der Waals surface area contributed by atoms with Crippen molar-refractivity contribution in [1.29, 1.82) is 0 Å². The first-order valence-electron chi connectivity index (χ1n) is 13.2. The van der Waals surface area contributed by atoms with E-state index in [0.29, 0.717) is 0 Å². The van der Waals surface area contributed by atoms with E-state index >= 15 is 0 Å². The molecule has 0 N–H and O–H groups in total. The molecule has 2 heterocycles. The molecule has 0 spiro atoms. The Morgan fingerprint density at radius 1 is 0.410 bits per heavy atom. The second-order valence-electron chi connectivity index (χ2n) is 9.90. The zero-order valence-electron chi connectivity index (χ0n) is 21.1. The molecule has 0 atom stereocenters. The molecule has 39 heavy (non-hydrogen) atoms. The van der Waals surface area contributed by atoms with E-state index in [2.05, 4.69) is 132 Å². The maximum absolute atomic E-state index is 5.25. The maximum Gasteiger partial charge on any atom is 0.162 e. The van der Waals surface area contributed by atoms with Gasteiger partial charge in [0.05, 0.1) is 16.6 Å². The van der Waals surface area contributed by atoms with Gasteiger partial charge in [0.25, 0.3) is 0 Å². The first-order valence-corrected chi connectivity index (χ1v) is 13.2. The molecular formula is C36H23N3. The summed E-state index contributed by atoms with van der Waals surface area (Å²) in [5, 5.41) is 5.91. The molecule has 8 rings (SSSR count). The SMILES string of the molecule is c1ccc(-c2ccc(-c3nc(-n4c5ccccc5c5cc6ccccc6cc54)c4ccccc4n3)cc2)cc1. The second kappa shape index (κ2) is 8.64. The fourth-order valence-corrected chi connectivity index (χ4v) is 5.69. The predicted molar refractivity (Wildman–Crippen MR) is 162 cm³/mol. The minimum Gasteiger partial charge on any atom is -0.293 e. The molecule has 0 fully saturated rings. The Bertz CT molecular complexity index is 2160. The fourth-order valence-electron chi connectivity index (χ4n) is 5.69. The first kappa shape index (κ1) is 21.8. The van der Waals surface area contributed by atoms with Gasteiger partial charge < -0.3 is 0 Å². The van der Waals surface area contributed by atoms with E-state index in [1.54, 1.807) is 0 Å². The Morgan fingerprint density at radius 3 is 1.85 bits per heavy atom. The average Bonchev–Trinajstić information content (AvgIpc) is 3.33. The molecular weight excluding hydrogens is 474 g/mol.